The molecule has 2 rings (SSSR count). The summed E-state index contributed by atoms with van der Waals surface area (Å²) in [6.07, 6.45) is 1.06. The Hall–Kier alpha value is -1.75. The SMILES string of the molecule is COc1cc(C)c(Cl)c(C)c1CC(=O)N1CCCN(C(C)=O)CC1. The predicted molar refractivity (Wildman–Crippen MR) is 94.6 cm³/mol. The Kier molecular flexibility index (Phi) is 6.10. The van der Waals surface area contributed by atoms with E-state index in [1.807, 2.05) is 24.8 Å². The number of methoxy groups -OCH3 is 1. The average Bonchev–Trinajstić information content (AvgIpc) is 2.81. The molecule has 0 N–H and O–H groups in total. The Bertz CT molecular complexity index is 646. The molecule has 1 heterocycles. The Morgan fingerprint density at radius 2 is 1.79 bits per heavy atom. The lowest BCUT2D eigenvalue weighted by molar-refractivity contribution is -0.132. The van der Waals surface area contributed by atoms with Crippen molar-refractivity contribution in [1.82, 2.24) is 9.80 Å². The van der Waals surface area contributed by atoms with Crippen LogP contribution in [0.1, 0.15) is 30.0 Å². The van der Waals surface area contributed by atoms with Crippen molar-refractivity contribution in [2.24, 2.45) is 0 Å². The van der Waals surface area contributed by atoms with E-state index in [9.17, 15) is 9.59 Å². The van der Waals surface area contributed by atoms with E-state index in [1.54, 1.807) is 18.9 Å². The van der Waals surface area contributed by atoms with Crippen LogP contribution in [0.5, 0.6) is 5.75 Å². The van der Waals surface area contributed by atoms with Crippen LogP contribution in [0, 0.1) is 13.8 Å². The molecule has 132 valence electrons. The summed E-state index contributed by atoms with van der Waals surface area (Å²) in [5, 5.41) is 0.678. The van der Waals surface area contributed by atoms with Crippen molar-refractivity contribution >= 4 is 23.4 Å². The number of ether oxygens (including phenoxy) is 1. The third-order valence-electron chi connectivity index (χ3n) is 4.61. The molecule has 24 heavy (non-hydrogen) atoms. The zero-order valence-electron chi connectivity index (χ0n) is 14.8. The third-order valence-corrected chi connectivity index (χ3v) is 5.20. The fraction of sp³-hybridized carbons (Fsp3) is 0.556. The number of amides is 2. The van der Waals surface area contributed by atoms with Crippen LogP contribution in [-0.4, -0.2) is 54.9 Å². The quantitative estimate of drug-likeness (QED) is 0.840. The maximum Gasteiger partial charge on any atom is 0.227 e. The molecule has 0 radical (unpaired) electrons. The van der Waals surface area contributed by atoms with Crippen LogP contribution in [0.2, 0.25) is 5.02 Å². The van der Waals surface area contributed by atoms with Gasteiger partial charge in [-0.25, -0.2) is 0 Å². The van der Waals surface area contributed by atoms with Crippen molar-refractivity contribution in [2.45, 2.75) is 33.6 Å². The van der Waals surface area contributed by atoms with Crippen LogP contribution >= 0.6 is 11.6 Å². The van der Waals surface area contributed by atoms with E-state index in [0.717, 1.165) is 23.1 Å². The molecule has 0 aromatic heterocycles. The minimum absolute atomic E-state index is 0.0433. The van der Waals surface area contributed by atoms with Crippen molar-refractivity contribution < 1.29 is 14.3 Å². The molecule has 1 saturated heterocycles. The van der Waals surface area contributed by atoms with Gasteiger partial charge in [0.25, 0.3) is 0 Å². The van der Waals surface area contributed by atoms with Crippen molar-refractivity contribution in [1.29, 1.82) is 0 Å². The summed E-state index contributed by atoms with van der Waals surface area (Å²) >= 11 is 6.34. The van der Waals surface area contributed by atoms with Gasteiger partial charge in [0.15, 0.2) is 0 Å². The molecule has 0 bridgehead atoms. The number of nitrogens with zero attached hydrogens (tertiary/aromatic N) is 2. The van der Waals surface area contributed by atoms with Crippen LogP contribution < -0.4 is 4.74 Å². The fourth-order valence-electron chi connectivity index (χ4n) is 3.11. The zero-order valence-corrected chi connectivity index (χ0v) is 15.6. The molecule has 1 fully saturated rings. The van der Waals surface area contributed by atoms with Gasteiger partial charge in [-0.15, -0.1) is 0 Å². The van der Waals surface area contributed by atoms with E-state index in [1.165, 1.54) is 0 Å². The van der Waals surface area contributed by atoms with Gasteiger partial charge in [-0.05, 0) is 37.5 Å². The summed E-state index contributed by atoms with van der Waals surface area (Å²) in [6.45, 7) is 7.95. The monoisotopic (exact) mass is 352 g/mol. The second-order valence-corrected chi connectivity index (χ2v) is 6.61. The molecular weight excluding hydrogens is 328 g/mol. The number of benzene rings is 1. The molecule has 0 atom stereocenters. The smallest absolute Gasteiger partial charge is 0.227 e. The van der Waals surface area contributed by atoms with Crippen LogP contribution in [0.3, 0.4) is 0 Å². The van der Waals surface area contributed by atoms with Crippen LogP contribution in [0.4, 0.5) is 0 Å². The maximum absolute atomic E-state index is 12.7. The molecule has 1 aromatic rings. The Labute approximate surface area is 148 Å². The molecule has 0 aliphatic carbocycles. The summed E-state index contributed by atoms with van der Waals surface area (Å²) in [7, 11) is 1.60. The highest BCUT2D eigenvalue weighted by atomic mass is 35.5. The molecular formula is C18H25ClN2O3. The topological polar surface area (TPSA) is 49.9 Å². The van der Waals surface area contributed by atoms with Gasteiger partial charge in [0.05, 0.1) is 13.5 Å². The number of rotatable bonds is 3. The minimum Gasteiger partial charge on any atom is -0.496 e. The second-order valence-electron chi connectivity index (χ2n) is 6.23. The van der Waals surface area contributed by atoms with E-state index >= 15 is 0 Å². The van der Waals surface area contributed by atoms with E-state index in [-0.39, 0.29) is 18.2 Å². The van der Waals surface area contributed by atoms with Gasteiger partial charge in [-0.2, -0.15) is 0 Å². The highest BCUT2D eigenvalue weighted by Crippen LogP contribution is 2.32. The van der Waals surface area contributed by atoms with Gasteiger partial charge in [0, 0.05) is 43.7 Å². The zero-order chi connectivity index (χ0) is 17.9. The molecule has 1 aliphatic rings. The lowest BCUT2D eigenvalue weighted by atomic mass is 10.0. The van der Waals surface area contributed by atoms with Gasteiger partial charge in [0.1, 0.15) is 5.75 Å². The van der Waals surface area contributed by atoms with Crippen LogP contribution in [-0.2, 0) is 16.0 Å². The number of carbonyl (C=O) groups is 2. The summed E-state index contributed by atoms with van der Waals surface area (Å²) in [6, 6.07) is 1.87. The van der Waals surface area contributed by atoms with Gasteiger partial charge < -0.3 is 14.5 Å². The van der Waals surface area contributed by atoms with Crippen molar-refractivity contribution in [3.8, 4) is 5.75 Å². The lowest BCUT2D eigenvalue weighted by Crippen LogP contribution is -2.37. The van der Waals surface area contributed by atoms with Gasteiger partial charge in [-0.3, -0.25) is 9.59 Å². The highest BCUT2D eigenvalue weighted by molar-refractivity contribution is 6.32. The lowest BCUT2D eigenvalue weighted by Gasteiger charge is -2.23. The first-order valence-corrected chi connectivity index (χ1v) is 8.58. The summed E-state index contributed by atoms with van der Waals surface area (Å²) < 4.78 is 5.44. The Balaban J connectivity index is 2.15. The van der Waals surface area contributed by atoms with Gasteiger partial charge in [-0.1, -0.05) is 11.6 Å². The maximum atomic E-state index is 12.7. The Morgan fingerprint density at radius 3 is 2.42 bits per heavy atom. The summed E-state index contributed by atoms with van der Waals surface area (Å²) in [5.74, 6) is 0.803. The number of carbonyl (C=O) groups excluding carboxylic acids is 2. The highest BCUT2D eigenvalue weighted by Gasteiger charge is 2.23. The first-order chi connectivity index (χ1) is 11.3. The van der Waals surface area contributed by atoms with E-state index < -0.39 is 0 Å². The van der Waals surface area contributed by atoms with Crippen LogP contribution in [0.25, 0.3) is 0 Å². The molecule has 1 aliphatic heterocycles. The molecule has 2 amide bonds. The molecule has 6 heteroatoms. The standard InChI is InChI=1S/C18H25ClN2O3/c1-12-10-16(24-4)15(13(2)18(12)19)11-17(23)21-7-5-6-20(8-9-21)14(3)22/h10H,5-9,11H2,1-4H3. The molecule has 0 unspecified atom stereocenters. The molecule has 1 aromatic carbocycles. The van der Waals surface area contributed by atoms with Crippen molar-refractivity contribution in [2.75, 3.05) is 33.3 Å². The largest absolute Gasteiger partial charge is 0.496 e. The van der Waals surface area contributed by atoms with E-state index in [4.69, 9.17) is 16.3 Å². The average molecular weight is 353 g/mol. The number of halogens is 1. The van der Waals surface area contributed by atoms with Crippen molar-refractivity contribution in [3.05, 3.63) is 27.8 Å². The minimum atomic E-state index is 0.0433. The normalized spacial score (nSPS) is 15.2. The molecule has 0 saturated carbocycles. The first-order valence-electron chi connectivity index (χ1n) is 8.21. The first kappa shape index (κ1) is 18.6. The van der Waals surface area contributed by atoms with Crippen molar-refractivity contribution in [3.63, 3.8) is 0 Å². The summed E-state index contributed by atoms with van der Waals surface area (Å²) in [4.78, 5) is 27.9. The number of aryl methyl sites for hydroxylation is 1. The fourth-order valence-corrected chi connectivity index (χ4v) is 3.28. The second kappa shape index (κ2) is 7.88. The molecule has 5 nitrogen and oxygen atoms in total. The van der Waals surface area contributed by atoms with E-state index in [2.05, 4.69) is 0 Å². The van der Waals surface area contributed by atoms with Crippen LogP contribution in [0.15, 0.2) is 6.07 Å². The van der Waals surface area contributed by atoms with Gasteiger partial charge in [0.2, 0.25) is 11.8 Å². The number of hydrogen-bond donors (Lipinski definition) is 0. The summed E-state index contributed by atoms with van der Waals surface area (Å²) in [5.41, 5.74) is 2.67. The molecule has 0 spiro atoms. The Morgan fingerprint density at radius 1 is 1.17 bits per heavy atom. The van der Waals surface area contributed by atoms with E-state index in [0.29, 0.717) is 37.0 Å². The third kappa shape index (κ3) is 4.01. The predicted octanol–water partition coefficient (Wildman–Crippen LogP) is 2.59. The van der Waals surface area contributed by atoms with Gasteiger partial charge >= 0.3 is 0 Å². The number of hydrogen-bond acceptors (Lipinski definition) is 3.